The van der Waals surface area contributed by atoms with E-state index >= 15 is 0 Å². The standard InChI is InChI=1S/C16H21F3N2O2/c1-10-4-3-5-13(11(10)2)20-14(22)9-21-8-12(16(17,18)19)6-7-15(21)23/h6-8,10-11,13H,3-5,9H2,1-2H3,(H,20,22)/t10-,11+,13-/m0/s1. The summed E-state index contributed by atoms with van der Waals surface area (Å²) in [5.74, 6) is 0.369. The van der Waals surface area contributed by atoms with E-state index in [-0.39, 0.29) is 6.04 Å². The second-order valence-electron chi connectivity index (χ2n) is 6.32. The molecule has 0 unspecified atom stereocenters. The maximum atomic E-state index is 12.7. The Balaban J connectivity index is 2.07. The summed E-state index contributed by atoms with van der Waals surface area (Å²) in [5.41, 5.74) is -1.57. The average Bonchev–Trinajstić information content (AvgIpc) is 2.45. The van der Waals surface area contributed by atoms with Gasteiger partial charge in [0.1, 0.15) is 6.54 Å². The van der Waals surface area contributed by atoms with Crippen LogP contribution in [0.15, 0.2) is 23.1 Å². The highest BCUT2D eigenvalue weighted by Crippen LogP contribution is 2.30. The van der Waals surface area contributed by atoms with E-state index in [0.29, 0.717) is 18.0 Å². The largest absolute Gasteiger partial charge is 0.417 e. The van der Waals surface area contributed by atoms with Crippen molar-refractivity contribution in [2.24, 2.45) is 11.8 Å². The molecule has 1 amide bonds. The number of rotatable bonds is 3. The van der Waals surface area contributed by atoms with Crippen LogP contribution in [0.5, 0.6) is 0 Å². The van der Waals surface area contributed by atoms with E-state index < -0.39 is 29.8 Å². The summed E-state index contributed by atoms with van der Waals surface area (Å²) < 4.78 is 38.9. The molecule has 23 heavy (non-hydrogen) atoms. The quantitative estimate of drug-likeness (QED) is 0.926. The molecule has 7 heteroatoms. The molecule has 4 nitrogen and oxygen atoms in total. The van der Waals surface area contributed by atoms with Crippen LogP contribution in [-0.2, 0) is 17.5 Å². The fourth-order valence-corrected chi connectivity index (χ4v) is 3.02. The van der Waals surface area contributed by atoms with Crippen LogP contribution in [0.25, 0.3) is 0 Å². The number of pyridine rings is 1. The summed E-state index contributed by atoms with van der Waals surface area (Å²) in [5, 5.41) is 2.85. The Hall–Kier alpha value is -1.79. The van der Waals surface area contributed by atoms with Crippen molar-refractivity contribution in [3.05, 3.63) is 34.2 Å². The van der Waals surface area contributed by atoms with Crippen molar-refractivity contribution in [1.29, 1.82) is 0 Å². The predicted octanol–water partition coefficient (Wildman–Crippen LogP) is 2.81. The minimum Gasteiger partial charge on any atom is -0.352 e. The Morgan fingerprint density at radius 3 is 2.65 bits per heavy atom. The molecule has 1 N–H and O–H groups in total. The number of alkyl halides is 3. The first-order valence-corrected chi connectivity index (χ1v) is 7.75. The summed E-state index contributed by atoms with van der Waals surface area (Å²) in [4.78, 5) is 23.8. The first-order chi connectivity index (χ1) is 10.7. The molecule has 0 aliphatic heterocycles. The van der Waals surface area contributed by atoms with Crippen molar-refractivity contribution >= 4 is 5.91 Å². The normalized spacial score (nSPS) is 25.2. The molecule has 0 bridgehead atoms. The number of hydrogen-bond donors (Lipinski definition) is 1. The molecule has 1 aliphatic carbocycles. The molecule has 1 aliphatic rings. The Labute approximate surface area is 132 Å². The van der Waals surface area contributed by atoms with Gasteiger partial charge in [-0.15, -0.1) is 0 Å². The number of carbonyl (C=O) groups is 1. The SMILES string of the molecule is C[C@H]1[C@@H](NC(=O)Cn2cc(C(F)(F)F)ccc2=O)CCC[C@@H]1C. The van der Waals surface area contributed by atoms with Gasteiger partial charge in [0.05, 0.1) is 5.56 Å². The van der Waals surface area contributed by atoms with Crippen LogP contribution < -0.4 is 10.9 Å². The lowest BCUT2D eigenvalue weighted by atomic mass is 9.78. The Morgan fingerprint density at radius 1 is 1.30 bits per heavy atom. The molecule has 0 radical (unpaired) electrons. The van der Waals surface area contributed by atoms with Gasteiger partial charge < -0.3 is 9.88 Å². The number of hydrogen-bond acceptors (Lipinski definition) is 2. The highest BCUT2D eigenvalue weighted by molar-refractivity contribution is 5.76. The number of halogens is 3. The molecule has 0 spiro atoms. The van der Waals surface area contributed by atoms with Gasteiger partial charge in [-0.2, -0.15) is 13.2 Å². The number of aromatic nitrogens is 1. The van der Waals surface area contributed by atoms with Gasteiger partial charge in [-0.1, -0.05) is 26.7 Å². The molecule has 1 aromatic rings. The zero-order valence-electron chi connectivity index (χ0n) is 13.2. The van der Waals surface area contributed by atoms with E-state index in [1.54, 1.807) is 0 Å². The van der Waals surface area contributed by atoms with Gasteiger partial charge in [0.2, 0.25) is 5.91 Å². The second kappa shape index (κ2) is 6.76. The lowest BCUT2D eigenvalue weighted by molar-refractivity contribution is -0.138. The number of amides is 1. The lowest BCUT2D eigenvalue weighted by Crippen LogP contribution is -2.45. The van der Waals surface area contributed by atoms with E-state index in [1.165, 1.54) is 0 Å². The molecule has 0 saturated heterocycles. The van der Waals surface area contributed by atoms with Crippen LogP contribution in [0, 0.1) is 11.8 Å². The van der Waals surface area contributed by atoms with Gasteiger partial charge in [-0.25, -0.2) is 0 Å². The van der Waals surface area contributed by atoms with Crippen LogP contribution >= 0.6 is 0 Å². The van der Waals surface area contributed by atoms with Gasteiger partial charge in [0.25, 0.3) is 5.56 Å². The zero-order valence-corrected chi connectivity index (χ0v) is 13.2. The maximum absolute atomic E-state index is 12.7. The van der Waals surface area contributed by atoms with E-state index in [1.807, 2.05) is 0 Å². The van der Waals surface area contributed by atoms with Crippen molar-refractivity contribution in [3.8, 4) is 0 Å². The maximum Gasteiger partial charge on any atom is 0.417 e. The minimum atomic E-state index is -4.54. The van der Waals surface area contributed by atoms with Crippen molar-refractivity contribution in [3.63, 3.8) is 0 Å². The lowest BCUT2D eigenvalue weighted by Gasteiger charge is -2.34. The number of nitrogens with zero attached hydrogens (tertiary/aromatic N) is 1. The third-order valence-electron chi connectivity index (χ3n) is 4.68. The topological polar surface area (TPSA) is 51.1 Å². The van der Waals surface area contributed by atoms with Crippen molar-refractivity contribution in [1.82, 2.24) is 9.88 Å². The van der Waals surface area contributed by atoms with E-state index in [0.717, 1.165) is 36.0 Å². The predicted molar refractivity (Wildman–Crippen MR) is 79.8 cm³/mol. The monoisotopic (exact) mass is 330 g/mol. The summed E-state index contributed by atoms with van der Waals surface area (Å²) >= 11 is 0. The van der Waals surface area contributed by atoms with Gasteiger partial charge >= 0.3 is 6.18 Å². The Bertz CT molecular complexity index is 624. The van der Waals surface area contributed by atoms with Gasteiger partial charge in [0.15, 0.2) is 0 Å². The third kappa shape index (κ3) is 4.36. The van der Waals surface area contributed by atoms with E-state index in [9.17, 15) is 22.8 Å². The van der Waals surface area contributed by atoms with Gasteiger partial charge in [0, 0.05) is 18.3 Å². The molecule has 0 aromatic carbocycles. The summed E-state index contributed by atoms with van der Waals surface area (Å²) in [7, 11) is 0. The van der Waals surface area contributed by atoms with Crippen LogP contribution in [-0.4, -0.2) is 16.5 Å². The van der Waals surface area contributed by atoms with Crippen LogP contribution in [0.2, 0.25) is 0 Å². The highest BCUT2D eigenvalue weighted by Gasteiger charge is 2.31. The first-order valence-electron chi connectivity index (χ1n) is 7.75. The third-order valence-corrected chi connectivity index (χ3v) is 4.68. The minimum absolute atomic E-state index is 0.00718. The highest BCUT2D eigenvalue weighted by atomic mass is 19.4. The smallest absolute Gasteiger partial charge is 0.352 e. The van der Waals surface area contributed by atoms with Gasteiger partial charge in [-0.3, -0.25) is 9.59 Å². The molecule has 1 heterocycles. The van der Waals surface area contributed by atoms with Crippen LogP contribution in [0.1, 0.15) is 38.7 Å². The molecule has 2 rings (SSSR count). The molecular formula is C16H21F3N2O2. The summed E-state index contributed by atoms with van der Waals surface area (Å²) in [6.07, 6.45) is -0.872. The Morgan fingerprint density at radius 2 is 2.00 bits per heavy atom. The van der Waals surface area contributed by atoms with Crippen LogP contribution in [0.3, 0.4) is 0 Å². The van der Waals surface area contributed by atoms with Crippen molar-refractivity contribution in [2.45, 2.75) is 51.9 Å². The number of nitrogens with one attached hydrogen (secondary N) is 1. The molecule has 3 atom stereocenters. The van der Waals surface area contributed by atoms with Crippen molar-refractivity contribution in [2.75, 3.05) is 0 Å². The average molecular weight is 330 g/mol. The number of carbonyl (C=O) groups excluding carboxylic acids is 1. The van der Waals surface area contributed by atoms with Gasteiger partial charge in [-0.05, 0) is 24.3 Å². The summed E-state index contributed by atoms with van der Waals surface area (Å²) in [6.45, 7) is 3.78. The van der Waals surface area contributed by atoms with Crippen LogP contribution in [0.4, 0.5) is 13.2 Å². The molecule has 1 fully saturated rings. The second-order valence-corrected chi connectivity index (χ2v) is 6.32. The Kier molecular flexibility index (Phi) is 5.16. The molecular weight excluding hydrogens is 309 g/mol. The summed E-state index contributed by atoms with van der Waals surface area (Å²) in [6, 6.07) is 1.57. The fraction of sp³-hybridized carbons (Fsp3) is 0.625. The molecule has 1 saturated carbocycles. The fourth-order valence-electron chi connectivity index (χ4n) is 3.02. The molecule has 1 aromatic heterocycles. The first kappa shape index (κ1) is 17.6. The zero-order chi connectivity index (χ0) is 17.2. The molecule has 128 valence electrons. The van der Waals surface area contributed by atoms with E-state index in [2.05, 4.69) is 19.2 Å². The van der Waals surface area contributed by atoms with Crippen molar-refractivity contribution < 1.29 is 18.0 Å². The van der Waals surface area contributed by atoms with E-state index in [4.69, 9.17) is 0 Å².